The highest BCUT2D eigenvalue weighted by Crippen LogP contribution is 2.05. The Labute approximate surface area is 81.9 Å². The summed E-state index contributed by atoms with van der Waals surface area (Å²) < 4.78 is 33.8. The first-order chi connectivity index (χ1) is 6.29. The summed E-state index contributed by atoms with van der Waals surface area (Å²) in [5.74, 6) is -0.879. The van der Waals surface area contributed by atoms with Gasteiger partial charge in [0.25, 0.3) is 10.1 Å². The van der Waals surface area contributed by atoms with Gasteiger partial charge in [-0.3, -0.25) is 4.55 Å². The largest absolute Gasteiger partial charge is 0.431 e. The highest BCUT2D eigenvalue weighted by atomic mass is 32.2. The van der Waals surface area contributed by atoms with Gasteiger partial charge in [-0.15, -0.1) is 0 Å². The van der Waals surface area contributed by atoms with Crippen molar-refractivity contribution in [3.8, 4) is 0 Å². The third kappa shape index (κ3) is 4.35. The van der Waals surface area contributed by atoms with E-state index in [0.717, 1.165) is 13.0 Å². The van der Waals surface area contributed by atoms with Gasteiger partial charge < -0.3 is 9.84 Å². The van der Waals surface area contributed by atoms with Crippen molar-refractivity contribution in [2.24, 2.45) is 0 Å². The molecular formula is C7H12O6S. The van der Waals surface area contributed by atoms with Gasteiger partial charge in [-0.05, 0) is 13.8 Å². The number of hydrogen-bond donors (Lipinski definition) is 2. The van der Waals surface area contributed by atoms with Crippen molar-refractivity contribution >= 4 is 16.1 Å². The van der Waals surface area contributed by atoms with E-state index in [1.807, 2.05) is 0 Å². The van der Waals surface area contributed by atoms with Crippen molar-refractivity contribution in [3.05, 3.63) is 12.2 Å². The zero-order valence-electron chi connectivity index (χ0n) is 7.75. The Kier molecular flexibility index (Phi) is 4.75. The molecule has 82 valence electrons. The Bertz CT molecular complexity index is 317. The fourth-order valence-corrected chi connectivity index (χ4v) is 0.887. The highest BCUT2D eigenvalue weighted by Gasteiger charge is 2.28. The van der Waals surface area contributed by atoms with Gasteiger partial charge in [0.05, 0.1) is 0 Å². The molecule has 0 fully saturated rings. The molecule has 7 heteroatoms. The molecular weight excluding hydrogens is 212 g/mol. The lowest BCUT2D eigenvalue weighted by atomic mass is 10.4. The predicted octanol–water partition coefficient (Wildman–Crippen LogP) is -0.300. The minimum Gasteiger partial charge on any atom is -0.431 e. The first kappa shape index (κ1) is 13.1. The maximum atomic E-state index is 10.7. The summed E-state index contributed by atoms with van der Waals surface area (Å²) in [4.78, 5) is 10.7. The quantitative estimate of drug-likeness (QED) is 0.294. The van der Waals surface area contributed by atoms with Gasteiger partial charge in [-0.2, -0.15) is 8.42 Å². The molecule has 0 aliphatic heterocycles. The molecule has 2 unspecified atom stereocenters. The fraction of sp³-hybridized carbons (Fsp3) is 0.571. The smallest absolute Gasteiger partial charge is 0.332 e. The molecule has 0 saturated carbocycles. The summed E-state index contributed by atoms with van der Waals surface area (Å²) in [7, 11) is -4.41. The van der Waals surface area contributed by atoms with E-state index < -0.39 is 27.6 Å². The fourth-order valence-electron chi connectivity index (χ4n) is 0.537. The van der Waals surface area contributed by atoms with Crippen LogP contribution in [0.1, 0.15) is 13.8 Å². The van der Waals surface area contributed by atoms with Crippen molar-refractivity contribution in [1.82, 2.24) is 0 Å². The number of hydrogen-bond acceptors (Lipinski definition) is 5. The molecule has 0 spiro atoms. The maximum Gasteiger partial charge on any atom is 0.332 e. The first-order valence-corrected chi connectivity index (χ1v) is 5.27. The van der Waals surface area contributed by atoms with Crippen LogP contribution in [0.4, 0.5) is 0 Å². The number of aliphatic hydroxyl groups excluding tert-OH is 1. The van der Waals surface area contributed by atoms with Crippen molar-refractivity contribution < 1.29 is 27.6 Å². The molecule has 0 aliphatic rings. The van der Waals surface area contributed by atoms with E-state index in [-0.39, 0.29) is 0 Å². The maximum absolute atomic E-state index is 10.7. The van der Waals surface area contributed by atoms with Crippen molar-refractivity contribution in [2.75, 3.05) is 0 Å². The topological polar surface area (TPSA) is 101 Å². The van der Waals surface area contributed by atoms with E-state index in [9.17, 15) is 13.2 Å². The lowest BCUT2D eigenvalue weighted by Gasteiger charge is -2.15. The highest BCUT2D eigenvalue weighted by molar-refractivity contribution is 7.86. The van der Waals surface area contributed by atoms with Gasteiger partial charge in [-0.25, -0.2) is 4.79 Å². The molecule has 6 nitrogen and oxygen atoms in total. The molecule has 0 rings (SSSR count). The molecule has 0 aromatic carbocycles. The zero-order chi connectivity index (χ0) is 11.4. The van der Waals surface area contributed by atoms with E-state index in [4.69, 9.17) is 9.66 Å². The van der Waals surface area contributed by atoms with E-state index in [1.54, 1.807) is 6.92 Å². The summed E-state index contributed by atoms with van der Waals surface area (Å²) in [5.41, 5.74) is 0. The molecule has 0 bridgehead atoms. The average molecular weight is 224 g/mol. The number of carbonyl (C=O) groups is 1. The van der Waals surface area contributed by atoms with Crippen LogP contribution in [0, 0.1) is 0 Å². The number of rotatable bonds is 4. The van der Waals surface area contributed by atoms with Gasteiger partial charge >= 0.3 is 5.97 Å². The Morgan fingerprint density at radius 3 is 2.36 bits per heavy atom. The lowest BCUT2D eigenvalue weighted by Crippen LogP contribution is -2.34. The molecule has 0 amide bonds. The molecule has 2 atom stereocenters. The summed E-state index contributed by atoms with van der Waals surface area (Å²) in [5, 5.41) is 7.46. The molecule has 0 heterocycles. The van der Waals surface area contributed by atoms with Crippen LogP contribution in [0.2, 0.25) is 0 Å². The van der Waals surface area contributed by atoms with Crippen molar-refractivity contribution in [1.29, 1.82) is 0 Å². The third-order valence-electron chi connectivity index (χ3n) is 1.41. The molecule has 14 heavy (non-hydrogen) atoms. The van der Waals surface area contributed by atoms with Crippen LogP contribution in [0.5, 0.6) is 0 Å². The van der Waals surface area contributed by atoms with E-state index in [1.165, 1.54) is 6.08 Å². The van der Waals surface area contributed by atoms with Crippen LogP contribution in [0.25, 0.3) is 0 Å². The molecule has 0 saturated heterocycles. The third-order valence-corrected chi connectivity index (χ3v) is 2.58. The Morgan fingerprint density at radius 1 is 1.50 bits per heavy atom. The standard InChI is InChI=1S/C7H12O6S/c1-3-4-6(8)13-7(9)5(2)14(10,11)12/h3-5,7,9H,1-2H3,(H,10,11,12). The van der Waals surface area contributed by atoms with Gasteiger partial charge in [0.2, 0.25) is 6.29 Å². The Hall–Kier alpha value is -0.920. The minimum atomic E-state index is -4.41. The number of aliphatic hydroxyl groups is 1. The van der Waals surface area contributed by atoms with Crippen LogP contribution in [-0.2, 0) is 19.6 Å². The van der Waals surface area contributed by atoms with Crippen molar-refractivity contribution in [2.45, 2.75) is 25.4 Å². The second-order valence-electron chi connectivity index (χ2n) is 2.55. The zero-order valence-corrected chi connectivity index (χ0v) is 8.56. The average Bonchev–Trinajstić information content (AvgIpc) is 2.01. The van der Waals surface area contributed by atoms with Crippen LogP contribution in [-0.4, -0.2) is 35.6 Å². The van der Waals surface area contributed by atoms with Crippen LogP contribution >= 0.6 is 0 Å². The Balaban J connectivity index is 4.36. The molecule has 0 radical (unpaired) electrons. The first-order valence-electron chi connectivity index (χ1n) is 3.76. The Morgan fingerprint density at radius 2 is 2.00 bits per heavy atom. The van der Waals surface area contributed by atoms with Crippen molar-refractivity contribution in [3.63, 3.8) is 0 Å². The lowest BCUT2D eigenvalue weighted by molar-refractivity contribution is -0.161. The van der Waals surface area contributed by atoms with Gasteiger partial charge in [0.1, 0.15) is 5.25 Å². The number of ether oxygens (including phenoxy) is 1. The molecule has 0 aromatic heterocycles. The van der Waals surface area contributed by atoms with E-state index in [0.29, 0.717) is 0 Å². The van der Waals surface area contributed by atoms with Gasteiger partial charge in [-0.1, -0.05) is 6.08 Å². The second kappa shape index (κ2) is 5.08. The summed E-state index contributed by atoms with van der Waals surface area (Å²) in [6.45, 7) is 2.57. The van der Waals surface area contributed by atoms with Gasteiger partial charge in [0, 0.05) is 6.08 Å². The second-order valence-corrected chi connectivity index (χ2v) is 4.32. The van der Waals surface area contributed by atoms with Crippen LogP contribution in [0.15, 0.2) is 12.2 Å². The predicted molar refractivity (Wildman–Crippen MR) is 47.9 cm³/mol. The SMILES string of the molecule is CC=CC(=O)OC(O)C(C)S(=O)(=O)O. The number of carbonyl (C=O) groups excluding carboxylic acids is 1. The molecule has 0 aromatic rings. The van der Waals surface area contributed by atoms with Crippen LogP contribution < -0.4 is 0 Å². The summed E-state index contributed by atoms with van der Waals surface area (Å²) in [6.07, 6.45) is 0.501. The van der Waals surface area contributed by atoms with E-state index >= 15 is 0 Å². The number of allylic oxidation sites excluding steroid dienone is 1. The molecule has 2 N–H and O–H groups in total. The normalized spacial score (nSPS) is 16.6. The monoisotopic (exact) mass is 224 g/mol. The summed E-state index contributed by atoms with van der Waals surface area (Å²) >= 11 is 0. The summed E-state index contributed by atoms with van der Waals surface area (Å²) in [6, 6.07) is 0. The number of esters is 1. The van der Waals surface area contributed by atoms with Gasteiger partial charge in [0.15, 0.2) is 0 Å². The molecule has 0 aliphatic carbocycles. The van der Waals surface area contributed by atoms with Crippen LogP contribution in [0.3, 0.4) is 0 Å². The minimum absolute atomic E-state index is 0.879. The van der Waals surface area contributed by atoms with E-state index in [2.05, 4.69) is 4.74 Å².